The molecule has 17 heavy (non-hydrogen) atoms. The van der Waals surface area contributed by atoms with Gasteiger partial charge in [0, 0.05) is 13.2 Å². The number of nitrogens with zero attached hydrogens (tertiary/aromatic N) is 1. The van der Waals surface area contributed by atoms with Gasteiger partial charge in [-0.15, -0.1) is 0 Å². The van der Waals surface area contributed by atoms with E-state index < -0.39 is 18.2 Å². The quantitative estimate of drug-likeness (QED) is 0.731. The molecule has 2 aliphatic rings. The maximum Gasteiger partial charge on any atom is 0.334 e. The van der Waals surface area contributed by atoms with Gasteiger partial charge in [-0.05, 0) is 19.3 Å². The van der Waals surface area contributed by atoms with Gasteiger partial charge in [0.15, 0.2) is 6.10 Å². The average molecular weight is 243 g/mol. The number of carboxylic acid groups (broad SMARTS) is 1. The number of morpholine rings is 1. The molecule has 0 spiro atoms. The van der Waals surface area contributed by atoms with Crippen LogP contribution in [0, 0.1) is 0 Å². The standard InChI is InChI=1S/C11H17NO5/c13-10(8-3-1-2-5-16-8)12-4-6-17-9(7-12)11(14)15/h8-9H,1-7H2,(H,14,15)/t8-,9-/m1/s1. The highest BCUT2D eigenvalue weighted by atomic mass is 16.5. The van der Waals surface area contributed by atoms with Gasteiger partial charge in [0.25, 0.3) is 5.91 Å². The fourth-order valence-electron chi connectivity index (χ4n) is 2.14. The van der Waals surface area contributed by atoms with E-state index in [1.807, 2.05) is 0 Å². The first kappa shape index (κ1) is 12.3. The highest BCUT2D eigenvalue weighted by Gasteiger charge is 2.33. The molecule has 0 aromatic heterocycles. The average Bonchev–Trinajstić information content (AvgIpc) is 2.39. The molecular weight excluding hydrogens is 226 g/mol. The fourth-order valence-corrected chi connectivity index (χ4v) is 2.14. The number of hydrogen-bond acceptors (Lipinski definition) is 4. The van der Waals surface area contributed by atoms with Crippen LogP contribution in [0.3, 0.4) is 0 Å². The zero-order valence-corrected chi connectivity index (χ0v) is 9.63. The van der Waals surface area contributed by atoms with Crippen LogP contribution < -0.4 is 0 Å². The molecule has 0 bridgehead atoms. The first-order valence-electron chi connectivity index (χ1n) is 5.93. The van der Waals surface area contributed by atoms with Crippen molar-refractivity contribution in [1.29, 1.82) is 0 Å². The summed E-state index contributed by atoms with van der Waals surface area (Å²) in [5.74, 6) is -1.12. The number of hydrogen-bond donors (Lipinski definition) is 1. The molecule has 0 aromatic carbocycles. The number of carbonyl (C=O) groups excluding carboxylic acids is 1. The van der Waals surface area contributed by atoms with Gasteiger partial charge in [-0.3, -0.25) is 4.79 Å². The summed E-state index contributed by atoms with van der Waals surface area (Å²) in [5.41, 5.74) is 0. The predicted octanol–water partition coefficient (Wildman–Crippen LogP) is -0.133. The molecule has 0 unspecified atom stereocenters. The SMILES string of the molecule is O=C(O)[C@H]1CN(C(=O)[C@H]2CCCCO2)CCO1. The van der Waals surface area contributed by atoms with Crippen LogP contribution in [-0.2, 0) is 19.1 Å². The van der Waals surface area contributed by atoms with E-state index in [1.54, 1.807) is 0 Å². The maximum absolute atomic E-state index is 12.1. The fraction of sp³-hybridized carbons (Fsp3) is 0.818. The molecular formula is C11H17NO5. The second-order valence-corrected chi connectivity index (χ2v) is 4.34. The van der Waals surface area contributed by atoms with Crippen molar-refractivity contribution in [3.63, 3.8) is 0 Å². The molecule has 2 heterocycles. The minimum atomic E-state index is -1.02. The third-order valence-corrected chi connectivity index (χ3v) is 3.11. The Bertz CT molecular complexity index is 300. The Labute approximate surface area is 99.5 Å². The van der Waals surface area contributed by atoms with Gasteiger partial charge in [0.1, 0.15) is 6.10 Å². The lowest BCUT2D eigenvalue weighted by atomic mass is 10.1. The van der Waals surface area contributed by atoms with Crippen molar-refractivity contribution in [3.05, 3.63) is 0 Å². The molecule has 0 aromatic rings. The maximum atomic E-state index is 12.1. The van der Waals surface area contributed by atoms with Gasteiger partial charge in [0.05, 0.1) is 13.2 Å². The zero-order valence-electron chi connectivity index (χ0n) is 9.63. The van der Waals surface area contributed by atoms with Gasteiger partial charge in [0.2, 0.25) is 0 Å². The number of amides is 1. The minimum Gasteiger partial charge on any atom is -0.479 e. The summed E-state index contributed by atoms with van der Waals surface area (Å²) in [6, 6.07) is 0. The molecule has 6 heteroatoms. The van der Waals surface area contributed by atoms with Crippen LogP contribution >= 0.6 is 0 Å². The molecule has 1 amide bonds. The molecule has 0 radical (unpaired) electrons. The Kier molecular flexibility index (Phi) is 3.96. The number of rotatable bonds is 2. The van der Waals surface area contributed by atoms with Crippen molar-refractivity contribution in [3.8, 4) is 0 Å². The van der Waals surface area contributed by atoms with Crippen molar-refractivity contribution >= 4 is 11.9 Å². The first-order valence-corrected chi connectivity index (χ1v) is 5.93. The van der Waals surface area contributed by atoms with E-state index in [9.17, 15) is 9.59 Å². The molecule has 1 N–H and O–H groups in total. The van der Waals surface area contributed by atoms with E-state index in [0.717, 1.165) is 19.3 Å². The molecule has 2 rings (SSSR count). The van der Waals surface area contributed by atoms with E-state index in [1.165, 1.54) is 4.90 Å². The molecule has 0 aliphatic carbocycles. The van der Waals surface area contributed by atoms with Crippen LogP contribution in [0.15, 0.2) is 0 Å². The highest BCUT2D eigenvalue weighted by molar-refractivity contribution is 5.82. The Balaban J connectivity index is 1.91. The summed E-state index contributed by atoms with van der Waals surface area (Å²) in [6.45, 7) is 1.45. The third-order valence-electron chi connectivity index (χ3n) is 3.11. The van der Waals surface area contributed by atoms with Gasteiger partial charge in [-0.25, -0.2) is 4.79 Å². The van der Waals surface area contributed by atoms with Gasteiger partial charge in [-0.2, -0.15) is 0 Å². The lowest BCUT2D eigenvalue weighted by Crippen LogP contribution is -2.52. The number of carbonyl (C=O) groups is 2. The van der Waals surface area contributed by atoms with Crippen LogP contribution in [0.2, 0.25) is 0 Å². The van der Waals surface area contributed by atoms with Crippen LogP contribution in [0.1, 0.15) is 19.3 Å². The molecule has 0 saturated carbocycles. The van der Waals surface area contributed by atoms with Crippen molar-refractivity contribution in [2.75, 3.05) is 26.3 Å². The van der Waals surface area contributed by atoms with E-state index in [2.05, 4.69) is 0 Å². The summed E-state index contributed by atoms with van der Waals surface area (Å²) in [7, 11) is 0. The van der Waals surface area contributed by atoms with E-state index in [-0.39, 0.29) is 19.1 Å². The van der Waals surface area contributed by atoms with Crippen LogP contribution in [0.4, 0.5) is 0 Å². The normalized spacial score (nSPS) is 30.0. The summed E-state index contributed by atoms with van der Waals surface area (Å²) in [4.78, 5) is 24.4. The van der Waals surface area contributed by atoms with E-state index in [0.29, 0.717) is 13.2 Å². The second kappa shape index (κ2) is 5.46. The molecule has 2 fully saturated rings. The van der Waals surface area contributed by atoms with Crippen LogP contribution in [0.25, 0.3) is 0 Å². The van der Waals surface area contributed by atoms with Gasteiger partial charge < -0.3 is 19.5 Å². The first-order chi connectivity index (χ1) is 8.18. The van der Waals surface area contributed by atoms with Crippen molar-refractivity contribution < 1.29 is 24.2 Å². The monoisotopic (exact) mass is 243 g/mol. The Morgan fingerprint density at radius 2 is 1.88 bits per heavy atom. The molecule has 2 aliphatic heterocycles. The molecule has 2 atom stereocenters. The van der Waals surface area contributed by atoms with Gasteiger partial charge in [-0.1, -0.05) is 0 Å². The number of aliphatic carboxylic acids is 1. The highest BCUT2D eigenvalue weighted by Crippen LogP contribution is 2.16. The third kappa shape index (κ3) is 2.95. The topological polar surface area (TPSA) is 76.1 Å². The summed E-state index contributed by atoms with van der Waals surface area (Å²) < 4.78 is 10.5. The largest absolute Gasteiger partial charge is 0.479 e. The molecule has 6 nitrogen and oxygen atoms in total. The lowest BCUT2D eigenvalue weighted by Gasteiger charge is -2.34. The second-order valence-electron chi connectivity index (χ2n) is 4.34. The van der Waals surface area contributed by atoms with Crippen molar-refractivity contribution in [2.45, 2.75) is 31.5 Å². The summed E-state index contributed by atoms with van der Waals surface area (Å²) in [6.07, 6.45) is 1.41. The predicted molar refractivity (Wildman–Crippen MR) is 57.5 cm³/mol. The summed E-state index contributed by atoms with van der Waals surface area (Å²) in [5, 5.41) is 8.85. The Hall–Kier alpha value is -1.14. The Morgan fingerprint density at radius 1 is 1.12 bits per heavy atom. The van der Waals surface area contributed by atoms with Crippen LogP contribution in [-0.4, -0.2) is 60.4 Å². The molecule has 96 valence electrons. The Morgan fingerprint density at radius 3 is 2.53 bits per heavy atom. The molecule has 2 saturated heterocycles. The minimum absolute atomic E-state index is 0.0979. The van der Waals surface area contributed by atoms with Crippen molar-refractivity contribution in [1.82, 2.24) is 4.90 Å². The van der Waals surface area contributed by atoms with Crippen LogP contribution in [0.5, 0.6) is 0 Å². The summed E-state index contributed by atoms with van der Waals surface area (Å²) >= 11 is 0. The lowest BCUT2D eigenvalue weighted by molar-refractivity contribution is -0.164. The van der Waals surface area contributed by atoms with E-state index in [4.69, 9.17) is 14.6 Å². The van der Waals surface area contributed by atoms with Gasteiger partial charge >= 0.3 is 5.97 Å². The number of ether oxygens (including phenoxy) is 2. The zero-order chi connectivity index (χ0) is 12.3. The van der Waals surface area contributed by atoms with Crippen molar-refractivity contribution in [2.24, 2.45) is 0 Å². The smallest absolute Gasteiger partial charge is 0.334 e. The van der Waals surface area contributed by atoms with E-state index >= 15 is 0 Å². The number of carboxylic acids is 1.